The first kappa shape index (κ1) is 18.7. The zero-order valence-corrected chi connectivity index (χ0v) is 16.6. The number of benzene rings is 2. The van der Waals surface area contributed by atoms with E-state index in [4.69, 9.17) is 10.5 Å². The highest BCUT2D eigenvalue weighted by Crippen LogP contribution is 2.32. The Balaban J connectivity index is 1.67. The topological polar surface area (TPSA) is 101 Å². The molecule has 8 nitrogen and oxygen atoms in total. The standard InChI is InChI=1S/C22H24N6O2/c1-2-28-18-6-5-16-14(13-25-26-16)19(18)22(29)20-17(4-3-15(23)21(20)28)24-7-8-27-9-11-30-12-10-27/h2-6,13,24H,1,7-12,23H2,(H,25,26). The molecule has 5 rings (SSSR count). The minimum absolute atomic E-state index is 0.0636. The van der Waals surface area contributed by atoms with Crippen molar-refractivity contribution in [3.8, 4) is 0 Å². The third-order valence-electron chi connectivity index (χ3n) is 5.80. The van der Waals surface area contributed by atoms with E-state index in [9.17, 15) is 4.79 Å². The molecule has 1 aliphatic heterocycles. The molecule has 0 atom stereocenters. The van der Waals surface area contributed by atoms with Crippen LogP contribution in [0.25, 0.3) is 38.9 Å². The monoisotopic (exact) mass is 404 g/mol. The summed E-state index contributed by atoms with van der Waals surface area (Å²) in [5, 5.41) is 12.5. The maximum absolute atomic E-state index is 13.7. The minimum Gasteiger partial charge on any atom is -0.397 e. The number of morpholine rings is 1. The lowest BCUT2D eigenvalue weighted by Gasteiger charge is -2.26. The quantitative estimate of drug-likeness (QED) is 0.349. The van der Waals surface area contributed by atoms with E-state index in [1.807, 2.05) is 28.8 Å². The number of rotatable bonds is 5. The molecule has 1 fully saturated rings. The summed E-state index contributed by atoms with van der Waals surface area (Å²) in [5.41, 5.74) is 9.82. The predicted octanol–water partition coefficient (Wildman–Crippen LogP) is 2.46. The van der Waals surface area contributed by atoms with E-state index in [1.165, 1.54) is 0 Å². The number of fused-ring (bicyclic) bond motifs is 4. The average Bonchev–Trinajstić information content (AvgIpc) is 3.25. The number of hydrogen-bond acceptors (Lipinski definition) is 6. The summed E-state index contributed by atoms with van der Waals surface area (Å²) in [4.78, 5) is 16.0. The molecule has 1 aliphatic rings. The third kappa shape index (κ3) is 2.92. The normalized spacial score (nSPS) is 15.2. The van der Waals surface area contributed by atoms with Crippen LogP contribution >= 0.6 is 0 Å². The molecule has 0 radical (unpaired) electrons. The summed E-state index contributed by atoms with van der Waals surface area (Å²) < 4.78 is 7.30. The van der Waals surface area contributed by atoms with Crippen LogP contribution < -0.4 is 16.5 Å². The molecular weight excluding hydrogens is 380 g/mol. The first-order chi connectivity index (χ1) is 14.7. The molecule has 2 aromatic heterocycles. The van der Waals surface area contributed by atoms with Crippen molar-refractivity contribution in [3.05, 3.63) is 47.3 Å². The molecule has 0 spiro atoms. The second kappa shape index (κ2) is 7.47. The number of aromatic amines is 1. The van der Waals surface area contributed by atoms with Crippen LogP contribution in [0.5, 0.6) is 0 Å². The number of H-pyrrole nitrogens is 1. The number of ether oxygens (including phenoxy) is 1. The van der Waals surface area contributed by atoms with Crippen LogP contribution in [0.1, 0.15) is 0 Å². The Hall–Kier alpha value is -3.36. The fourth-order valence-electron chi connectivity index (χ4n) is 4.30. The average molecular weight is 404 g/mol. The van der Waals surface area contributed by atoms with E-state index in [2.05, 4.69) is 27.0 Å². The Labute approximate surface area is 172 Å². The SMILES string of the molecule is C=Cn1c2ccc3[nH]ncc3c2c(=O)c2c(NCCN3CCOCC3)ccc(N)c21. The number of nitrogens with two attached hydrogens (primary N) is 1. The van der Waals surface area contributed by atoms with Gasteiger partial charge in [0.05, 0.1) is 52.4 Å². The zero-order chi connectivity index (χ0) is 20.7. The highest BCUT2D eigenvalue weighted by atomic mass is 16.5. The molecule has 3 heterocycles. The molecule has 0 amide bonds. The van der Waals surface area contributed by atoms with E-state index in [1.54, 1.807) is 12.4 Å². The van der Waals surface area contributed by atoms with Crippen LogP contribution in [0.2, 0.25) is 0 Å². The molecule has 0 unspecified atom stereocenters. The van der Waals surface area contributed by atoms with E-state index < -0.39 is 0 Å². The van der Waals surface area contributed by atoms with E-state index in [0.717, 1.165) is 61.5 Å². The van der Waals surface area contributed by atoms with Gasteiger partial charge in [0.2, 0.25) is 0 Å². The number of pyridine rings is 1. The van der Waals surface area contributed by atoms with Gasteiger partial charge >= 0.3 is 0 Å². The number of aromatic nitrogens is 3. The summed E-state index contributed by atoms with van der Waals surface area (Å²) in [6.07, 6.45) is 3.39. The molecule has 0 bridgehead atoms. The van der Waals surface area contributed by atoms with Crippen LogP contribution in [0.4, 0.5) is 11.4 Å². The Kier molecular flexibility index (Phi) is 4.65. The van der Waals surface area contributed by atoms with Crippen molar-refractivity contribution in [3.63, 3.8) is 0 Å². The van der Waals surface area contributed by atoms with Gasteiger partial charge in [-0.1, -0.05) is 6.58 Å². The van der Waals surface area contributed by atoms with Crippen LogP contribution in [0.15, 0.2) is 41.8 Å². The second-order valence-electron chi connectivity index (χ2n) is 7.48. The number of anilines is 2. The molecule has 30 heavy (non-hydrogen) atoms. The molecule has 0 saturated carbocycles. The van der Waals surface area contributed by atoms with Gasteiger partial charge in [-0.2, -0.15) is 5.10 Å². The van der Waals surface area contributed by atoms with Crippen molar-refractivity contribution in [2.75, 3.05) is 50.4 Å². The zero-order valence-electron chi connectivity index (χ0n) is 16.6. The van der Waals surface area contributed by atoms with Gasteiger partial charge in [0.15, 0.2) is 5.43 Å². The largest absolute Gasteiger partial charge is 0.397 e. The predicted molar refractivity (Wildman–Crippen MR) is 122 cm³/mol. The first-order valence-electron chi connectivity index (χ1n) is 10.1. The van der Waals surface area contributed by atoms with Gasteiger partial charge in [0.1, 0.15) is 0 Å². The van der Waals surface area contributed by atoms with Crippen molar-refractivity contribution in [1.29, 1.82) is 0 Å². The van der Waals surface area contributed by atoms with Gasteiger partial charge < -0.3 is 20.4 Å². The van der Waals surface area contributed by atoms with Gasteiger partial charge in [0.25, 0.3) is 0 Å². The third-order valence-corrected chi connectivity index (χ3v) is 5.80. The van der Waals surface area contributed by atoms with E-state index >= 15 is 0 Å². The van der Waals surface area contributed by atoms with Gasteiger partial charge in [-0.3, -0.25) is 14.8 Å². The highest BCUT2D eigenvalue weighted by Gasteiger charge is 2.18. The summed E-state index contributed by atoms with van der Waals surface area (Å²) in [6.45, 7) is 8.95. The summed E-state index contributed by atoms with van der Waals surface area (Å²) in [7, 11) is 0. The molecule has 0 aliphatic carbocycles. The Morgan fingerprint density at radius 2 is 2.07 bits per heavy atom. The molecule has 4 aromatic rings. The Bertz CT molecular complexity index is 1320. The van der Waals surface area contributed by atoms with Crippen molar-refractivity contribution in [2.45, 2.75) is 0 Å². The number of hydrogen-bond donors (Lipinski definition) is 3. The lowest BCUT2D eigenvalue weighted by atomic mass is 10.0. The van der Waals surface area contributed by atoms with Gasteiger partial charge in [0, 0.05) is 43.5 Å². The van der Waals surface area contributed by atoms with Crippen LogP contribution in [-0.2, 0) is 4.74 Å². The minimum atomic E-state index is -0.0636. The van der Waals surface area contributed by atoms with Crippen LogP contribution in [-0.4, -0.2) is 59.1 Å². The molecular formula is C22H24N6O2. The lowest BCUT2D eigenvalue weighted by Crippen LogP contribution is -2.39. The maximum atomic E-state index is 13.7. The summed E-state index contributed by atoms with van der Waals surface area (Å²) in [6, 6.07) is 7.53. The van der Waals surface area contributed by atoms with Crippen LogP contribution in [0, 0.1) is 0 Å². The number of nitrogens with zero attached hydrogens (tertiary/aromatic N) is 3. The van der Waals surface area contributed by atoms with Crippen molar-refractivity contribution in [2.24, 2.45) is 0 Å². The van der Waals surface area contributed by atoms with E-state index in [-0.39, 0.29) is 5.43 Å². The van der Waals surface area contributed by atoms with Crippen LogP contribution in [0.3, 0.4) is 0 Å². The molecule has 154 valence electrons. The maximum Gasteiger partial charge on any atom is 0.200 e. The highest BCUT2D eigenvalue weighted by molar-refractivity contribution is 6.13. The molecule has 1 saturated heterocycles. The van der Waals surface area contributed by atoms with Crippen molar-refractivity contribution in [1.82, 2.24) is 19.7 Å². The molecule has 8 heteroatoms. The fourth-order valence-corrected chi connectivity index (χ4v) is 4.30. The first-order valence-corrected chi connectivity index (χ1v) is 10.1. The van der Waals surface area contributed by atoms with Crippen molar-refractivity contribution < 1.29 is 4.74 Å². The van der Waals surface area contributed by atoms with E-state index in [0.29, 0.717) is 22.0 Å². The Morgan fingerprint density at radius 1 is 1.23 bits per heavy atom. The number of nitrogens with one attached hydrogen (secondary N) is 2. The number of nitrogen functional groups attached to an aromatic ring is 1. The summed E-state index contributed by atoms with van der Waals surface area (Å²) in [5.74, 6) is 0. The van der Waals surface area contributed by atoms with Gasteiger partial charge in [-0.25, -0.2) is 0 Å². The summed E-state index contributed by atoms with van der Waals surface area (Å²) >= 11 is 0. The van der Waals surface area contributed by atoms with Crippen molar-refractivity contribution >= 4 is 50.3 Å². The van der Waals surface area contributed by atoms with Gasteiger partial charge in [-0.15, -0.1) is 0 Å². The smallest absolute Gasteiger partial charge is 0.200 e. The second-order valence-corrected chi connectivity index (χ2v) is 7.48. The van der Waals surface area contributed by atoms with Gasteiger partial charge in [-0.05, 0) is 24.3 Å². The fraction of sp³-hybridized carbons (Fsp3) is 0.273. The molecule has 4 N–H and O–H groups in total. The Morgan fingerprint density at radius 3 is 2.87 bits per heavy atom. The lowest BCUT2D eigenvalue weighted by molar-refractivity contribution is 0.0398. The molecule has 2 aromatic carbocycles.